The molecule has 1 N–H and O–H groups in total. The summed E-state index contributed by atoms with van der Waals surface area (Å²) in [6, 6.07) is 25.0. The van der Waals surface area contributed by atoms with E-state index < -0.39 is 0 Å². The van der Waals surface area contributed by atoms with Crippen molar-refractivity contribution in [3.63, 3.8) is 0 Å². The molecule has 6 rings (SSSR count). The largest absolute Gasteiger partial charge is 0.378 e. The van der Waals surface area contributed by atoms with Gasteiger partial charge in [0.25, 0.3) is 0 Å². The van der Waals surface area contributed by atoms with Crippen LogP contribution in [0.15, 0.2) is 85.2 Å². The number of pyridine rings is 1. The van der Waals surface area contributed by atoms with E-state index in [4.69, 9.17) is 28.8 Å². The van der Waals surface area contributed by atoms with Gasteiger partial charge < -0.3 is 24.6 Å². The summed E-state index contributed by atoms with van der Waals surface area (Å²) in [7, 11) is 4.11. The van der Waals surface area contributed by atoms with Gasteiger partial charge in [0.1, 0.15) is 6.04 Å². The lowest BCUT2D eigenvalue weighted by molar-refractivity contribution is 0.357. The molecular formula is C33H37ClN6S. The second-order valence-electron chi connectivity index (χ2n) is 11.7. The monoisotopic (exact) mass is 584 g/mol. The van der Waals surface area contributed by atoms with Gasteiger partial charge in [-0.15, -0.1) is 0 Å². The Balaban J connectivity index is 1.41. The summed E-state index contributed by atoms with van der Waals surface area (Å²) < 4.78 is 2.25. The molecule has 2 aromatic heterocycles. The lowest BCUT2D eigenvalue weighted by Gasteiger charge is -2.37. The third-order valence-corrected chi connectivity index (χ3v) is 8.86. The Hall–Kier alpha value is -3.55. The molecular weight excluding hydrogens is 548 g/mol. The molecule has 4 aromatic rings. The Morgan fingerprint density at radius 3 is 2.32 bits per heavy atom. The molecule has 0 bridgehead atoms. The Labute approximate surface area is 253 Å². The second kappa shape index (κ2) is 11.4. The van der Waals surface area contributed by atoms with Gasteiger partial charge in [-0.2, -0.15) is 0 Å². The van der Waals surface area contributed by atoms with Crippen LogP contribution >= 0.6 is 23.8 Å². The predicted molar refractivity (Wildman–Crippen MR) is 175 cm³/mol. The van der Waals surface area contributed by atoms with Gasteiger partial charge >= 0.3 is 0 Å². The van der Waals surface area contributed by atoms with Gasteiger partial charge in [0, 0.05) is 62.3 Å². The number of anilines is 3. The van der Waals surface area contributed by atoms with Gasteiger partial charge in [-0.25, -0.2) is 0 Å². The van der Waals surface area contributed by atoms with E-state index in [2.05, 4.69) is 119 Å². The van der Waals surface area contributed by atoms with Crippen LogP contribution in [0, 0.1) is 11.8 Å². The number of hydrogen-bond acceptors (Lipinski definition) is 4. The zero-order valence-corrected chi connectivity index (χ0v) is 25.6. The van der Waals surface area contributed by atoms with Gasteiger partial charge in [-0.1, -0.05) is 31.5 Å². The summed E-state index contributed by atoms with van der Waals surface area (Å²) in [6.07, 6.45) is 5.21. The van der Waals surface area contributed by atoms with Crippen molar-refractivity contribution in [3.05, 3.63) is 102 Å². The molecule has 0 unspecified atom stereocenters. The van der Waals surface area contributed by atoms with E-state index in [0.29, 0.717) is 16.9 Å². The fraction of sp³-hybridized carbons (Fsp3) is 0.333. The molecule has 0 amide bonds. The number of nitrogens with zero attached hydrogens (tertiary/aromatic N) is 5. The highest BCUT2D eigenvalue weighted by atomic mass is 35.5. The van der Waals surface area contributed by atoms with Gasteiger partial charge in [-0.3, -0.25) is 4.98 Å². The number of nitrogens with one attached hydrogen (secondary N) is 1. The van der Waals surface area contributed by atoms with Crippen LogP contribution in [0.3, 0.4) is 0 Å². The third-order valence-electron chi connectivity index (χ3n) is 8.24. The van der Waals surface area contributed by atoms with Crippen LogP contribution in [0.2, 0.25) is 5.02 Å². The first-order chi connectivity index (χ1) is 19.8. The zero-order chi connectivity index (χ0) is 28.7. The Bertz CT molecular complexity index is 1510. The van der Waals surface area contributed by atoms with E-state index in [-0.39, 0.29) is 12.1 Å². The minimum absolute atomic E-state index is 0.138. The van der Waals surface area contributed by atoms with Crippen LogP contribution in [-0.2, 0) is 0 Å². The topological polar surface area (TPSA) is 39.6 Å². The van der Waals surface area contributed by atoms with E-state index in [0.717, 1.165) is 52.2 Å². The smallest absolute Gasteiger partial charge is 0.174 e. The van der Waals surface area contributed by atoms with E-state index >= 15 is 0 Å². The first-order valence-corrected chi connectivity index (χ1v) is 15.1. The highest BCUT2D eigenvalue weighted by molar-refractivity contribution is 7.80. The Morgan fingerprint density at radius 1 is 0.927 bits per heavy atom. The molecule has 2 aliphatic heterocycles. The Kier molecular flexibility index (Phi) is 7.66. The molecule has 2 aromatic carbocycles. The van der Waals surface area contributed by atoms with Crippen LogP contribution in [0.1, 0.15) is 43.7 Å². The number of thiocarbonyl (C=S) groups is 1. The molecule has 2 aliphatic rings. The molecule has 0 spiro atoms. The van der Waals surface area contributed by atoms with E-state index in [9.17, 15) is 0 Å². The summed E-state index contributed by atoms with van der Waals surface area (Å²) in [5, 5.41) is 5.00. The maximum Gasteiger partial charge on any atom is 0.174 e. The maximum atomic E-state index is 7.02. The number of halogens is 1. The first kappa shape index (κ1) is 27.6. The van der Waals surface area contributed by atoms with Crippen LogP contribution in [0.5, 0.6) is 0 Å². The quantitative estimate of drug-likeness (QED) is 0.241. The SMILES string of the molecule is C[C@@H]1C[C@H](C)CN(c2ccc(N3C(=S)N[C@H](c4ccccn4)[C@H]3c3cccn3-c3ccc(N(C)C)cc3)cc2Cl)C1. The van der Waals surface area contributed by atoms with Crippen LogP contribution in [0.25, 0.3) is 5.69 Å². The molecule has 2 fully saturated rings. The number of aromatic nitrogens is 2. The van der Waals surface area contributed by atoms with Crippen molar-refractivity contribution < 1.29 is 0 Å². The fourth-order valence-corrected chi connectivity index (χ4v) is 7.12. The highest BCUT2D eigenvalue weighted by Crippen LogP contribution is 2.44. The number of piperidine rings is 1. The second-order valence-corrected chi connectivity index (χ2v) is 12.5. The average molecular weight is 585 g/mol. The van der Waals surface area contributed by atoms with Crippen molar-refractivity contribution in [3.8, 4) is 5.69 Å². The van der Waals surface area contributed by atoms with Crippen molar-refractivity contribution in [2.75, 3.05) is 41.9 Å². The highest BCUT2D eigenvalue weighted by Gasteiger charge is 2.42. The van der Waals surface area contributed by atoms with Gasteiger partial charge in [-0.05, 0) is 97.2 Å². The molecule has 0 aliphatic carbocycles. The van der Waals surface area contributed by atoms with E-state index in [1.807, 2.05) is 18.3 Å². The standard InChI is InChI=1S/C33H37ClN6S/c1-22-18-23(2)21-38(20-22)29-15-14-26(19-27(29)34)40-32(31(36-33(40)41)28-8-5-6-16-35-28)30-9-7-17-39(30)25-12-10-24(11-13-25)37(3)4/h5-17,19,22-23,31-32H,18,20-21H2,1-4H3,(H,36,41)/t22-,23+,31-,32-/m1/s1. The predicted octanol–water partition coefficient (Wildman–Crippen LogP) is 7.25. The van der Waals surface area contributed by atoms with Gasteiger partial charge in [0.05, 0.1) is 22.4 Å². The molecule has 8 heteroatoms. The van der Waals surface area contributed by atoms with Crippen LogP contribution < -0.4 is 20.0 Å². The van der Waals surface area contributed by atoms with E-state index in [1.54, 1.807) is 0 Å². The lowest BCUT2D eigenvalue weighted by atomic mass is 9.91. The number of benzene rings is 2. The normalized spacial score (nSPS) is 22.6. The van der Waals surface area contributed by atoms with Gasteiger partial charge in [0.15, 0.2) is 5.11 Å². The minimum atomic E-state index is -0.141. The molecule has 2 saturated heterocycles. The molecule has 212 valence electrons. The third kappa shape index (κ3) is 5.41. The average Bonchev–Trinajstić information content (AvgIpc) is 3.57. The molecule has 0 saturated carbocycles. The first-order valence-electron chi connectivity index (χ1n) is 14.3. The summed E-state index contributed by atoms with van der Waals surface area (Å²) in [6.45, 7) is 6.70. The summed E-state index contributed by atoms with van der Waals surface area (Å²) >= 11 is 13.0. The summed E-state index contributed by atoms with van der Waals surface area (Å²) in [5.41, 5.74) is 6.37. The number of hydrogen-bond donors (Lipinski definition) is 1. The minimum Gasteiger partial charge on any atom is -0.378 e. The zero-order valence-electron chi connectivity index (χ0n) is 24.0. The van der Waals surface area contributed by atoms with Crippen LogP contribution in [-0.4, -0.2) is 41.8 Å². The van der Waals surface area contributed by atoms with Crippen molar-refractivity contribution in [2.45, 2.75) is 32.4 Å². The van der Waals surface area contributed by atoms with Crippen molar-refractivity contribution in [1.82, 2.24) is 14.9 Å². The maximum absolute atomic E-state index is 7.02. The van der Waals surface area contributed by atoms with Gasteiger partial charge in [0.2, 0.25) is 0 Å². The molecule has 4 heterocycles. The van der Waals surface area contributed by atoms with Crippen molar-refractivity contribution in [1.29, 1.82) is 0 Å². The molecule has 41 heavy (non-hydrogen) atoms. The van der Waals surface area contributed by atoms with Crippen LogP contribution in [0.4, 0.5) is 17.1 Å². The van der Waals surface area contributed by atoms with Crippen molar-refractivity contribution in [2.24, 2.45) is 11.8 Å². The molecule has 6 nitrogen and oxygen atoms in total. The van der Waals surface area contributed by atoms with Crippen molar-refractivity contribution >= 4 is 46.0 Å². The molecule has 4 atom stereocenters. The Morgan fingerprint density at radius 2 is 1.66 bits per heavy atom. The number of rotatable bonds is 6. The molecule has 0 radical (unpaired) electrons. The summed E-state index contributed by atoms with van der Waals surface area (Å²) in [5.74, 6) is 1.29. The fourth-order valence-electron chi connectivity index (χ4n) is 6.48. The van der Waals surface area contributed by atoms with E-state index in [1.165, 1.54) is 6.42 Å². The lowest BCUT2D eigenvalue weighted by Crippen LogP contribution is -2.38. The summed E-state index contributed by atoms with van der Waals surface area (Å²) in [4.78, 5) is 11.5.